The van der Waals surface area contributed by atoms with E-state index in [1.165, 1.54) is 5.56 Å². The van der Waals surface area contributed by atoms with E-state index >= 15 is 0 Å². The van der Waals surface area contributed by atoms with E-state index in [9.17, 15) is 4.79 Å². The number of likely N-dealkylation sites (tertiary alicyclic amines) is 1. The molecule has 1 heterocycles. The van der Waals surface area contributed by atoms with Gasteiger partial charge in [0.1, 0.15) is 0 Å². The zero-order valence-corrected chi connectivity index (χ0v) is 9.81. The van der Waals surface area contributed by atoms with Crippen molar-refractivity contribution >= 4 is 5.91 Å². The van der Waals surface area contributed by atoms with Crippen LogP contribution in [0.1, 0.15) is 23.6 Å². The highest BCUT2D eigenvalue weighted by Crippen LogP contribution is 2.28. The van der Waals surface area contributed by atoms with Gasteiger partial charge in [0.15, 0.2) is 0 Å². The maximum absolute atomic E-state index is 11.4. The normalized spacial score (nSPS) is 22.6. The van der Waals surface area contributed by atoms with Crippen LogP contribution >= 0.6 is 0 Å². The molecule has 2 N–H and O–H groups in total. The molecule has 3 heteroatoms. The Kier molecular flexibility index (Phi) is 2.97. The minimum atomic E-state index is -0.0329. The summed E-state index contributed by atoms with van der Waals surface area (Å²) in [6.45, 7) is 2.83. The number of amides is 1. The number of carbonyl (C=O) groups excluding carboxylic acids is 1. The third kappa shape index (κ3) is 2.09. The number of hydrogen-bond donors (Lipinski definition) is 1. The van der Waals surface area contributed by atoms with E-state index in [0.717, 1.165) is 12.1 Å². The molecule has 1 aromatic carbocycles. The van der Waals surface area contributed by atoms with E-state index in [4.69, 9.17) is 5.73 Å². The van der Waals surface area contributed by atoms with Crippen LogP contribution in [0.25, 0.3) is 0 Å². The van der Waals surface area contributed by atoms with Crippen molar-refractivity contribution in [1.82, 2.24) is 4.90 Å². The molecular formula is C13H18N2O. The average Bonchev–Trinajstić information content (AvgIpc) is 2.59. The Morgan fingerprint density at radius 1 is 1.38 bits per heavy atom. The molecule has 0 spiro atoms. The molecule has 86 valence electrons. The van der Waals surface area contributed by atoms with Gasteiger partial charge in [-0.2, -0.15) is 0 Å². The molecule has 1 fully saturated rings. The summed E-state index contributed by atoms with van der Waals surface area (Å²) in [7, 11) is 1.84. The van der Waals surface area contributed by atoms with Crippen molar-refractivity contribution < 1.29 is 4.79 Å². The van der Waals surface area contributed by atoms with Gasteiger partial charge in [0.2, 0.25) is 5.91 Å². The van der Waals surface area contributed by atoms with Crippen molar-refractivity contribution in [2.24, 2.45) is 11.7 Å². The summed E-state index contributed by atoms with van der Waals surface area (Å²) >= 11 is 0. The predicted molar refractivity (Wildman–Crippen MR) is 63.9 cm³/mol. The first-order valence-corrected chi connectivity index (χ1v) is 5.64. The number of rotatable bonds is 2. The molecule has 0 radical (unpaired) electrons. The second-order valence-corrected chi connectivity index (χ2v) is 4.67. The highest BCUT2D eigenvalue weighted by Gasteiger charge is 2.31. The molecule has 0 aromatic heterocycles. The Morgan fingerprint density at radius 3 is 2.50 bits per heavy atom. The Labute approximate surface area is 96.2 Å². The van der Waals surface area contributed by atoms with E-state index in [1.54, 1.807) is 4.90 Å². The van der Waals surface area contributed by atoms with Crippen LogP contribution in [-0.4, -0.2) is 24.4 Å². The third-order valence-electron chi connectivity index (χ3n) is 3.34. The van der Waals surface area contributed by atoms with E-state index < -0.39 is 0 Å². The molecule has 1 aliphatic rings. The minimum absolute atomic E-state index is 0.0329. The summed E-state index contributed by atoms with van der Waals surface area (Å²) < 4.78 is 0. The fourth-order valence-electron chi connectivity index (χ4n) is 2.20. The van der Waals surface area contributed by atoms with Crippen molar-refractivity contribution in [3.63, 3.8) is 0 Å². The average molecular weight is 218 g/mol. The summed E-state index contributed by atoms with van der Waals surface area (Å²) in [5.74, 6) is 0.452. The maximum atomic E-state index is 11.4. The highest BCUT2D eigenvalue weighted by atomic mass is 16.2. The zero-order valence-electron chi connectivity index (χ0n) is 9.81. The van der Waals surface area contributed by atoms with Crippen molar-refractivity contribution in [3.05, 3.63) is 35.4 Å². The Bertz CT molecular complexity index is 385. The topological polar surface area (TPSA) is 46.3 Å². The lowest BCUT2D eigenvalue weighted by atomic mass is 9.92. The Hall–Kier alpha value is -1.35. The standard InChI is InChI=1S/C13H18N2O/c1-9-3-5-10(6-4-9)13(14)11-7-12(16)15(2)8-11/h3-6,11,13H,7-8,14H2,1-2H3. The van der Waals surface area contributed by atoms with Gasteiger partial charge in [-0.3, -0.25) is 4.79 Å². The summed E-state index contributed by atoms with van der Waals surface area (Å²) in [6.07, 6.45) is 0.575. The third-order valence-corrected chi connectivity index (χ3v) is 3.34. The molecule has 1 saturated heterocycles. The fourth-order valence-corrected chi connectivity index (χ4v) is 2.20. The molecule has 2 atom stereocenters. The Balaban J connectivity index is 2.11. The number of benzene rings is 1. The fraction of sp³-hybridized carbons (Fsp3) is 0.462. The molecule has 3 nitrogen and oxygen atoms in total. The monoisotopic (exact) mass is 218 g/mol. The molecule has 0 bridgehead atoms. The van der Waals surface area contributed by atoms with E-state index in [2.05, 4.69) is 31.2 Å². The number of nitrogens with two attached hydrogens (primary N) is 1. The first-order chi connectivity index (χ1) is 7.58. The largest absolute Gasteiger partial charge is 0.345 e. The first kappa shape index (κ1) is 11.1. The minimum Gasteiger partial charge on any atom is -0.345 e. The molecule has 2 unspecified atom stereocenters. The van der Waals surface area contributed by atoms with Crippen molar-refractivity contribution in [2.75, 3.05) is 13.6 Å². The van der Waals surface area contributed by atoms with Gasteiger partial charge in [-0.15, -0.1) is 0 Å². The second kappa shape index (κ2) is 4.26. The lowest BCUT2D eigenvalue weighted by Gasteiger charge is -2.19. The molecule has 1 aliphatic heterocycles. The van der Waals surface area contributed by atoms with Crippen molar-refractivity contribution in [3.8, 4) is 0 Å². The van der Waals surface area contributed by atoms with Crippen LogP contribution in [0.2, 0.25) is 0 Å². The van der Waals surface area contributed by atoms with E-state index in [1.807, 2.05) is 7.05 Å². The molecular weight excluding hydrogens is 200 g/mol. The SMILES string of the molecule is Cc1ccc(C(N)C2CC(=O)N(C)C2)cc1. The summed E-state index contributed by atoms with van der Waals surface area (Å²) in [5.41, 5.74) is 8.55. The number of aryl methyl sites for hydroxylation is 1. The molecule has 0 saturated carbocycles. The quantitative estimate of drug-likeness (QED) is 0.817. The van der Waals surface area contributed by atoms with E-state index in [0.29, 0.717) is 6.42 Å². The summed E-state index contributed by atoms with van der Waals surface area (Å²) in [5, 5.41) is 0. The summed E-state index contributed by atoms with van der Waals surface area (Å²) in [4.78, 5) is 13.2. The molecule has 2 rings (SSSR count). The van der Waals surface area contributed by atoms with Crippen LogP contribution in [0, 0.1) is 12.8 Å². The van der Waals surface area contributed by atoms with Crippen LogP contribution < -0.4 is 5.73 Å². The van der Waals surface area contributed by atoms with Gasteiger partial charge in [0.05, 0.1) is 0 Å². The molecule has 1 aromatic rings. The lowest BCUT2D eigenvalue weighted by molar-refractivity contribution is -0.126. The lowest BCUT2D eigenvalue weighted by Crippen LogP contribution is -2.24. The molecule has 16 heavy (non-hydrogen) atoms. The van der Waals surface area contributed by atoms with Gasteiger partial charge in [-0.25, -0.2) is 0 Å². The van der Waals surface area contributed by atoms with Gasteiger partial charge >= 0.3 is 0 Å². The van der Waals surface area contributed by atoms with Gasteiger partial charge in [0, 0.05) is 32.0 Å². The zero-order chi connectivity index (χ0) is 11.7. The van der Waals surface area contributed by atoms with Gasteiger partial charge in [-0.05, 0) is 12.5 Å². The van der Waals surface area contributed by atoms with Crippen LogP contribution in [0.15, 0.2) is 24.3 Å². The smallest absolute Gasteiger partial charge is 0.222 e. The number of nitrogens with zero attached hydrogens (tertiary/aromatic N) is 1. The maximum Gasteiger partial charge on any atom is 0.222 e. The van der Waals surface area contributed by atoms with Crippen LogP contribution in [-0.2, 0) is 4.79 Å². The molecule has 0 aliphatic carbocycles. The van der Waals surface area contributed by atoms with Gasteiger partial charge in [0.25, 0.3) is 0 Å². The predicted octanol–water partition coefficient (Wildman–Crippen LogP) is 1.47. The summed E-state index contributed by atoms with van der Waals surface area (Å²) in [6, 6.07) is 8.21. The van der Waals surface area contributed by atoms with Gasteiger partial charge in [-0.1, -0.05) is 29.8 Å². The number of carbonyl (C=O) groups is 1. The van der Waals surface area contributed by atoms with Crippen molar-refractivity contribution in [1.29, 1.82) is 0 Å². The van der Waals surface area contributed by atoms with Crippen LogP contribution in [0.3, 0.4) is 0 Å². The number of hydrogen-bond acceptors (Lipinski definition) is 2. The Morgan fingerprint density at radius 2 is 2.00 bits per heavy atom. The highest BCUT2D eigenvalue weighted by molar-refractivity contribution is 5.78. The molecule has 1 amide bonds. The second-order valence-electron chi connectivity index (χ2n) is 4.67. The van der Waals surface area contributed by atoms with E-state index in [-0.39, 0.29) is 17.9 Å². The first-order valence-electron chi connectivity index (χ1n) is 5.64. The van der Waals surface area contributed by atoms with Crippen LogP contribution in [0.5, 0.6) is 0 Å². The van der Waals surface area contributed by atoms with Crippen LogP contribution in [0.4, 0.5) is 0 Å². The van der Waals surface area contributed by atoms with Crippen molar-refractivity contribution in [2.45, 2.75) is 19.4 Å². The van der Waals surface area contributed by atoms with Gasteiger partial charge < -0.3 is 10.6 Å².